The van der Waals surface area contributed by atoms with Crippen molar-refractivity contribution in [1.29, 1.82) is 0 Å². The van der Waals surface area contributed by atoms with E-state index in [-0.39, 0.29) is 5.69 Å². The third kappa shape index (κ3) is 4.66. The summed E-state index contributed by atoms with van der Waals surface area (Å²) in [6, 6.07) is 8.69. The molecule has 0 aliphatic rings. The van der Waals surface area contributed by atoms with Crippen molar-refractivity contribution in [2.75, 3.05) is 0 Å². The number of rotatable bonds is 4. The fourth-order valence-electron chi connectivity index (χ4n) is 2.16. The molecule has 0 aliphatic heterocycles. The molecule has 1 amide bonds. The highest BCUT2D eigenvalue weighted by Gasteiger charge is 2.28. The molecule has 2 N–H and O–H groups in total. The lowest BCUT2D eigenvalue weighted by atomic mass is 10.1. The summed E-state index contributed by atoms with van der Waals surface area (Å²) in [4.78, 5) is 39.8. The topological polar surface area (TPSA) is 111 Å². The number of nitrogens with zero attached hydrogens (tertiary/aromatic N) is 2. The Hall–Kier alpha value is -3.16. The Kier molecular flexibility index (Phi) is 5.21. The first kappa shape index (κ1) is 18.2. The van der Waals surface area contributed by atoms with Crippen LogP contribution in [0.4, 0.5) is 4.79 Å². The van der Waals surface area contributed by atoms with E-state index in [9.17, 15) is 19.5 Å². The number of amides is 1. The molecule has 2 aromatic rings. The fourth-order valence-corrected chi connectivity index (χ4v) is 2.16. The molecule has 25 heavy (non-hydrogen) atoms. The van der Waals surface area contributed by atoms with Crippen LogP contribution in [0, 0.1) is 0 Å². The molecule has 1 aromatic carbocycles. The SMILES string of the molecule is CC(C)(C)OC(=O)NC(C(=O)O)n1c(-c2ccccc2)cncc1=O. The van der Waals surface area contributed by atoms with Gasteiger partial charge in [-0.2, -0.15) is 0 Å². The zero-order chi connectivity index (χ0) is 18.6. The summed E-state index contributed by atoms with van der Waals surface area (Å²) in [5, 5.41) is 11.7. The number of carboxylic acids is 1. The maximum Gasteiger partial charge on any atom is 0.409 e. The van der Waals surface area contributed by atoms with E-state index < -0.39 is 29.4 Å². The number of hydrogen-bond acceptors (Lipinski definition) is 5. The van der Waals surface area contributed by atoms with Crippen LogP contribution in [0.5, 0.6) is 0 Å². The van der Waals surface area contributed by atoms with Gasteiger partial charge < -0.3 is 9.84 Å². The van der Waals surface area contributed by atoms with Gasteiger partial charge >= 0.3 is 12.1 Å². The smallest absolute Gasteiger partial charge is 0.409 e. The lowest BCUT2D eigenvalue weighted by Crippen LogP contribution is -2.44. The van der Waals surface area contributed by atoms with E-state index in [1.54, 1.807) is 51.1 Å². The van der Waals surface area contributed by atoms with Gasteiger partial charge in [0.15, 0.2) is 0 Å². The van der Waals surface area contributed by atoms with E-state index in [1.165, 1.54) is 6.20 Å². The molecule has 0 bridgehead atoms. The van der Waals surface area contributed by atoms with Crippen LogP contribution < -0.4 is 10.9 Å². The zero-order valence-electron chi connectivity index (χ0n) is 14.1. The third-order valence-electron chi connectivity index (χ3n) is 3.09. The van der Waals surface area contributed by atoms with Gasteiger partial charge in [0.25, 0.3) is 5.56 Å². The zero-order valence-corrected chi connectivity index (χ0v) is 14.1. The number of carboxylic acid groups (broad SMARTS) is 1. The average Bonchev–Trinajstić information content (AvgIpc) is 2.52. The van der Waals surface area contributed by atoms with Gasteiger partial charge in [0.1, 0.15) is 5.60 Å². The molecule has 0 saturated heterocycles. The number of ether oxygens (including phenoxy) is 1. The highest BCUT2D eigenvalue weighted by Crippen LogP contribution is 2.19. The molecule has 0 spiro atoms. The minimum atomic E-state index is -1.64. The summed E-state index contributed by atoms with van der Waals surface area (Å²) in [6.07, 6.45) is -0.231. The number of carbonyl (C=O) groups is 2. The first-order chi connectivity index (χ1) is 11.7. The minimum absolute atomic E-state index is 0.261. The van der Waals surface area contributed by atoms with E-state index >= 15 is 0 Å². The van der Waals surface area contributed by atoms with Gasteiger partial charge in [0.2, 0.25) is 6.17 Å². The van der Waals surface area contributed by atoms with Crippen LogP contribution in [0.3, 0.4) is 0 Å². The first-order valence-electron chi connectivity index (χ1n) is 7.53. The van der Waals surface area contributed by atoms with Gasteiger partial charge in [-0.1, -0.05) is 30.3 Å². The Morgan fingerprint density at radius 2 is 1.84 bits per heavy atom. The molecule has 1 unspecified atom stereocenters. The van der Waals surface area contributed by atoms with Crippen LogP contribution in [0.25, 0.3) is 11.3 Å². The largest absolute Gasteiger partial charge is 0.478 e. The van der Waals surface area contributed by atoms with Crippen LogP contribution in [0.15, 0.2) is 47.5 Å². The van der Waals surface area contributed by atoms with Crippen molar-refractivity contribution in [2.24, 2.45) is 0 Å². The molecule has 0 fully saturated rings. The van der Waals surface area contributed by atoms with Crippen molar-refractivity contribution in [2.45, 2.75) is 32.5 Å². The summed E-state index contributed by atoms with van der Waals surface area (Å²) >= 11 is 0. The normalized spacial score (nSPS) is 12.3. The molecule has 0 saturated carbocycles. The minimum Gasteiger partial charge on any atom is -0.478 e. The Bertz CT molecular complexity index is 824. The second kappa shape index (κ2) is 7.16. The van der Waals surface area contributed by atoms with Crippen molar-refractivity contribution < 1.29 is 19.4 Å². The first-order valence-corrected chi connectivity index (χ1v) is 7.53. The van der Waals surface area contributed by atoms with Gasteiger partial charge in [-0.25, -0.2) is 9.59 Å². The molecule has 8 heteroatoms. The highest BCUT2D eigenvalue weighted by molar-refractivity contribution is 5.79. The van der Waals surface area contributed by atoms with Crippen LogP contribution in [-0.4, -0.2) is 32.3 Å². The molecule has 0 aliphatic carbocycles. The molecule has 1 atom stereocenters. The van der Waals surface area contributed by atoms with Gasteiger partial charge in [-0.15, -0.1) is 0 Å². The summed E-state index contributed by atoms with van der Waals surface area (Å²) in [6.45, 7) is 4.95. The third-order valence-corrected chi connectivity index (χ3v) is 3.09. The van der Waals surface area contributed by atoms with Crippen LogP contribution in [-0.2, 0) is 9.53 Å². The highest BCUT2D eigenvalue weighted by atomic mass is 16.6. The number of carbonyl (C=O) groups excluding carboxylic acids is 1. The Morgan fingerprint density at radius 1 is 1.20 bits per heavy atom. The molecule has 132 valence electrons. The molecule has 0 radical (unpaired) electrons. The van der Waals surface area contributed by atoms with Crippen molar-refractivity contribution >= 4 is 12.1 Å². The second-order valence-electron chi connectivity index (χ2n) is 6.25. The Labute approximate surface area is 144 Å². The number of aliphatic carboxylic acids is 1. The predicted molar refractivity (Wildman–Crippen MR) is 90.0 cm³/mol. The molecular weight excluding hydrogens is 326 g/mol. The number of benzene rings is 1. The van der Waals surface area contributed by atoms with Gasteiger partial charge in [-0.3, -0.25) is 19.7 Å². The molecule has 2 rings (SSSR count). The van der Waals surface area contributed by atoms with E-state index in [4.69, 9.17) is 4.74 Å². The monoisotopic (exact) mass is 345 g/mol. The Balaban J connectivity index is 2.47. The van der Waals surface area contributed by atoms with Gasteiger partial charge in [-0.05, 0) is 26.3 Å². The Morgan fingerprint density at radius 3 is 2.40 bits per heavy atom. The van der Waals surface area contributed by atoms with Crippen molar-refractivity contribution in [3.8, 4) is 11.3 Å². The summed E-state index contributed by atoms with van der Waals surface area (Å²) in [5.74, 6) is -1.41. The summed E-state index contributed by atoms with van der Waals surface area (Å²) in [7, 11) is 0. The van der Waals surface area contributed by atoms with E-state index in [1.807, 2.05) is 0 Å². The molecule has 8 nitrogen and oxygen atoms in total. The number of hydrogen-bond donors (Lipinski definition) is 2. The average molecular weight is 345 g/mol. The lowest BCUT2D eigenvalue weighted by molar-refractivity contribution is -0.142. The van der Waals surface area contributed by atoms with Crippen molar-refractivity contribution in [1.82, 2.24) is 14.9 Å². The van der Waals surface area contributed by atoms with E-state index in [0.717, 1.165) is 10.8 Å². The van der Waals surface area contributed by atoms with E-state index in [0.29, 0.717) is 5.56 Å². The summed E-state index contributed by atoms with van der Waals surface area (Å²) in [5.41, 5.74) is -0.621. The standard InChI is InChI=1S/C17H19N3O5/c1-17(2,3)25-16(24)19-14(15(22)23)20-12(9-18-10-13(20)21)11-7-5-4-6-8-11/h4-10,14H,1-3H3,(H,19,24)(H,22,23). The van der Waals surface area contributed by atoms with Crippen LogP contribution in [0.1, 0.15) is 26.9 Å². The molecule has 1 heterocycles. The summed E-state index contributed by atoms with van der Waals surface area (Å²) < 4.78 is 6.03. The van der Waals surface area contributed by atoms with Crippen LogP contribution >= 0.6 is 0 Å². The maximum absolute atomic E-state index is 12.3. The van der Waals surface area contributed by atoms with Gasteiger partial charge in [0, 0.05) is 0 Å². The van der Waals surface area contributed by atoms with E-state index in [2.05, 4.69) is 10.3 Å². The molecule has 1 aromatic heterocycles. The fraction of sp³-hybridized carbons (Fsp3) is 0.294. The predicted octanol–water partition coefficient (Wildman–Crippen LogP) is 2.02. The maximum atomic E-state index is 12.3. The lowest BCUT2D eigenvalue weighted by Gasteiger charge is -2.24. The van der Waals surface area contributed by atoms with Crippen molar-refractivity contribution in [3.63, 3.8) is 0 Å². The number of alkyl carbamates (subject to hydrolysis) is 1. The van der Waals surface area contributed by atoms with Gasteiger partial charge in [0.05, 0.1) is 18.1 Å². The van der Waals surface area contributed by atoms with Crippen molar-refractivity contribution in [3.05, 3.63) is 53.1 Å². The second-order valence-corrected chi connectivity index (χ2v) is 6.25. The van der Waals surface area contributed by atoms with Crippen LogP contribution in [0.2, 0.25) is 0 Å². The number of nitrogens with one attached hydrogen (secondary N) is 1. The quantitative estimate of drug-likeness (QED) is 0.877. The molecular formula is C17H19N3O5. The number of aromatic nitrogens is 2.